The summed E-state index contributed by atoms with van der Waals surface area (Å²) in [4.78, 5) is 13.0. The minimum absolute atomic E-state index is 0.0272. The molecule has 1 atom stereocenters. The molecule has 1 aromatic heterocycles. The average Bonchev–Trinajstić information content (AvgIpc) is 2.79. The highest BCUT2D eigenvalue weighted by atomic mass is 32.1. The van der Waals surface area contributed by atoms with Gasteiger partial charge < -0.3 is 15.0 Å². The van der Waals surface area contributed by atoms with Crippen molar-refractivity contribution in [3.63, 3.8) is 0 Å². The molecular formula is C9H14N4O2S. The Morgan fingerprint density at radius 2 is 2.69 bits per heavy atom. The van der Waals surface area contributed by atoms with Crippen molar-refractivity contribution < 1.29 is 9.53 Å². The Kier molecular flexibility index (Phi) is 3.68. The topological polar surface area (TPSA) is 67.3 Å². The Hall–Kier alpha value is -1.21. The van der Waals surface area contributed by atoms with Crippen molar-refractivity contribution in [3.8, 4) is 0 Å². The predicted molar refractivity (Wildman–Crippen MR) is 60.4 cm³/mol. The first-order valence-corrected chi connectivity index (χ1v) is 5.87. The Bertz CT molecular complexity index is 343. The van der Waals surface area contributed by atoms with Crippen LogP contribution in [0.5, 0.6) is 0 Å². The van der Waals surface area contributed by atoms with Crippen molar-refractivity contribution in [2.45, 2.75) is 13.0 Å². The molecule has 7 heteroatoms. The molecule has 6 nitrogen and oxygen atoms in total. The van der Waals surface area contributed by atoms with E-state index in [1.807, 2.05) is 0 Å². The zero-order chi connectivity index (χ0) is 11.4. The maximum atomic E-state index is 11.2. The highest BCUT2D eigenvalue weighted by Crippen LogP contribution is 2.07. The second-order valence-electron chi connectivity index (χ2n) is 3.63. The second kappa shape index (κ2) is 5.22. The van der Waals surface area contributed by atoms with Gasteiger partial charge in [-0.3, -0.25) is 4.79 Å². The van der Waals surface area contributed by atoms with Crippen LogP contribution in [0.25, 0.3) is 0 Å². The molecule has 0 spiro atoms. The van der Waals surface area contributed by atoms with Crippen molar-refractivity contribution in [2.24, 2.45) is 0 Å². The normalized spacial score (nSPS) is 20.8. The van der Waals surface area contributed by atoms with Gasteiger partial charge in [0, 0.05) is 26.6 Å². The number of aromatic nitrogens is 2. The Labute approximate surface area is 97.9 Å². The minimum atomic E-state index is 0.0272. The van der Waals surface area contributed by atoms with E-state index in [-0.39, 0.29) is 12.0 Å². The van der Waals surface area contributed by atoms with Crippen LogP contribution in [0, 0.1) is 0 Å². The fraction of sp³-hybridized carbons (Fsp3) is 0.667. The fourth-order valence-corrected chi connectivity index (χ4v) is 1.98. The van der Waals surface area contributed by atoms with E-state index in [1.165, 1.54) is 0 Å². The van der Waals surface area contributed by atoms with E-state index in [0.717, 1.165) is 17.5 Å². The van der Waals surface area contributed by atoms with Gasteiger partial charge in [-0.15, -0.1) is 0 Å². The van der Waals surface area contributed by atoms with Crippen molar-refractivity contribution in [2.75, 3.05) is 31.6 Å². The van der Waals surface area contributed by atoms with Crippen LogP contribution >= 0.6 is 11.7 Å². The molecule has 1 aliphatic heterocycles. The van der Waals surface area contributed by atoms with E-state index in [2.05, 4.69) is 14.1 Å². The molecule has 0 bridgehead atoms. The summed E-state index contributed by atoms with van der Waals surface area (Å²) in [6, 6.07) is 0. The molecular weight excluding hydrogens is 228 g/mol. The number of carbonyl (C=O) groups excluding carboxylic acids is 1. The molecule has 0 aliphatic carbocycles. The fourth-order valence-electron chi connectivity index (χ4n) is 1.59. The molecule has 1 fully saturated rings. The number of anilines is 1. The average molecular weight is 242 g/mol. The molecule has 1 aromatic rings. The van der Waals surface area contributed by atoms with E-state index < -0.39 is 0 Å². The molecule has 1 N–H and O–H groups in total. The molecule has 1 aliphatic rings. The summed E-state index contributed by atoms with van der Waals surface area (Å²) in [5, 5.41) is 3.13. The lowest BCUT2D eigenvalue weighted by atomic mass is 10.2. The highest BCUT2D eigenvalue weighted by Gasteiger charge is 2.21. The number of nitrogens with zero attached hydrogens (tertiary/aromatic N) is 3. The van der Waals surface area contributed by atoms with Crippen LogP contribution in [0.1, 0.15) is 6.92 Å². The number of hydrogen-bond acceptors (Lipinski definition) is 6. The Morgan fingerprint density at radius 1 is 1.81 bits per heavy atom. The number of carbonyl (C=O) groups is 1. The maximum Gasteiger partial charge on any atom is 0.219 e. The molecule has 88 valence electrons. The van der Waals surface area contributed by atoms with Crippen LogP contribution in [0.4, 0.5) is 5.82 Å². The number of nitrogens with one attached hydrogen (secondary N) is 1. The number of hydrogen-bond donors (Lipinski definition) is 1. The van der Waals surface area contributed by atoms with Gasteiger partial charge >= 0.3 is 0 Å². The maximum absolute atomic E-state index is 11.2. The van der Waals surface area contributed by atoms with Gasteiger partial charge in [-0.25, -0.2) is 0 Å². The van der Waals surface area contributed by atoms with Gasteiger partial charge in [-0.05, 0) is 0 Å². The zero-order valence-corrected chi connectivity index (χ0v) is 9.87. The summed E-state index contributed by atoms with van der Waals surface area (Å²) >= 11 is 1.16. The molecule has 1 saturated heterocycles. The van der Waals surface area contributed by atoms with Crippen molar-refractivity contribution in [1.82, 2.24) is 13.6 Å². The van der Waals surface area contributed by atoms with Crippen LogP contribution in [-0.4, -0.2) is 51.9 Å². The van der Waals surface area contributed by atoms with Crippen LogP contribution in [-0.2, 0) is 9.53 Å². The molecule has 2 heterocycles. The first-order valence-electron chi connectivity index (χ1n) is 5.14. The summed E-state index contributed by atoms with van der Waals surface area (Å²) in [5.41, 5.74) is 0. The summed E-state index contributed by atoms with van der Waals surface area (Å²) < 4.78 is 13.5. The van der Waals surface area contributed by atoms with Gasteiger partial charge in [-0.1, -0.05) is 0 Å². The van der Waals surface area contributed by atoms with Crippen LogP contribution < -0.4 is 5.32 Å². The van der Waals surface area contributed by atoms with E-state index >= 15 is 0 Å². The summed E-state index contributed by atoms with van der Waals surface area (Å²) in [5.74, 6) is 0.858. The smallest absolute Gasteiger partial charge is 0.219 e. The lowest BCUT2D eigenvalue weighted by molar-refractivity contribution is -0.135. The van der Waals surface area contributed by atoms with Crippen LogP contribution in [0.15, 0.2) is 6.20 Å². The largest absolute Gasteiger partial charge is 0.373 e. The number of rotatable bonds is 3. The summed E-state index contributed by atoms with van der Waals surface area (Å²) in [6.45, 7) is 4.15. The SMILES string of the molecule is CC(=O)N1CCOC(CNc2cnsn2)C1. The predicted octanol–water partition coefficient (Wildman–Crippen LogP) is 0.197. The van der Waals surface area contributed by atoms with E-state index in [0.29, 0.717) is 26.2 Å². The van der Waals surface area contributed by atoms with E-state index in [4.69, 9.17) is 4.74 Å². The number of amides is 1. The standard InChI is InChI=1S/C9H14N4O2S/c1-7(14)13-2-3-15-8(6-13)4-10-9-5-11-16-12-9/h5,8H,2-4,6H2,1H3,(H,10,12). The van der Waals surface area contributed by atoms with Crippen molar-refractivity contribution in [1.29, 1.82) is 0 Å². The van der Waals surface area contributed by atoms with Crippen molar-refractivity contribution in [3.05, 3.63) is 6.20 Å². The Balaban J connectivity index is 1.79. The number of morpholine rings is 1. The highest BCUT2D eigenvalue weighted by molar-refractivity contribution is 6.99. The van der Waals surface area contributed by atoms with Gasteiger partial charge in [0.15, 0.2) is 5.82 Å². The first-order chi connectivity index (χ1) is 7.75. The molecule has 1 unspecified atom stereocenters. The molecule has 0 saturated carbocycles. The minimum Gasteiger partial charge on any atom is -0.373 e. The third kappa shape index (κ3) is 2.89. The van der Waals surface area contributed by atoms with Gasteiger partial charge in [0.2, 0.25) is 5.91 Å². The molecule has 2 rings (SSSR count). The monoisotopic (exact) mass is 242 g/mol. The summed E-state index contributed by atoms with van der Waals surface area (Å²) in [7, 11) is 0. The lowest BCUT2D eigenvalue weighted by Crippen LogP contribution is -2.47. The first kappa shape index (κ1) is 11.3. The van der Waals surface area contributed by atoms with E-state index in [1.54, 1.807) is 18.0 Å². The van der Waals surface area contributed by atoms with Gasteiger partial charge in [0.05, 0.1) is 30.6 Å². The van der Waals surface area contributed by atoms with Gasteiger partial charge in [0.25, 0.3) is 0 Å². The molecule has 1 amide bonds. The molecule has 0 radical (unpaired) electrons. The quantitative estimate of drug-likeness (QED) is 0.820. The summed E-state index contributed by atoms with van der Waals surface area (Å²) in [6.07, 6.45) is 1.70. The molecule has 0 aromatic carbocycles. The third-order valence-electron chi connectivity index (χ3n) is 2.46. The number of ether oxygens (including phenoxy) is 1. The zero-order valence-electron chi connectivity index (χ0n) is 9.05. The third-order valence-corrected chi connectivity index (χ3v) is 2.93. The molecule has 16 heavy (non-hydrogen) atoms. The lowest BCUT2D eigenvalue weighted by Gasteiger charge is -2.32. The van der Waals surface area contributed by atoms with E-state index in [9.17, 15) is 4.79 Å². The van der Waals surface area contributed by atoms with Gasteiger partial charge in [-0.2, -0.15) is 8.75 Å². The van der Waals surface area contributed by atoms with Crippen LogP contribution in [0.3, 0.4) is 0 Å². The van der Waals surface area contributed by atoms with Crippen molar-refractivity contribution >= 4 is 23.5 Å². The second-order valence-corrected chi connectivity index (χ2v) is 4.19. The van der Waals surface area contributed by atoms with Gasteiger partial charge in [0.1, 0.15) is 0 Å². The Morgan fingerprint density at radius 3 is 3.38 bits per heavy atom. The van der Waals surface area contributed by atoms with Crippen LogP contribution in [0.2, 0.25) is 0 Å².